The molecule has 0 atom stereocenters. The Morgan fingerprint density at radius 2 is 0.839 bits per heavy atom. The van der Waals surface area contributed by atoms with E-state index in [1.54, 1.807) is 0 Å². The molecule has 0 saturated heterocycles. The molecule has 0 amide bonds. The summed E-state index contributed by atoms with van der Waals surface area (Å²) in [6, 6.07) is 43.3. The average molecular weight is 741 g/mol. The van der Waals surface area contributed by atoms with Gasteiger partial charge in [-0.25, -0.2) is 0 Å². The zero-order chi connectivity index (χ0) is 38.4. The Bertz CT molecular complexity index is 2450. The minimum Gasteiger partial charge on any atom is -0.398 e. The van der Waals surface area contributed by atoms with Crippen LogP contribution in [0.5, 0.6) is 0 Å². The number of oxazole rings is 2. The van der Waals surface area contributed by atoms with Crippen LogP contribution < -0.4 is 18.9 Å². The number of hydrogen-bond donors (Lipinski definition) is 0. The predicted octanol–water partition coefficient (Wildman–Crippen LogP) is 11.6. The van der Waals surface area contributed by atoms with E-state index in [-0.39, 0.29) is 0 Å². The first kappa shape index (κ1) is 36.8. The Labute approximate surface area is 330 Å². The Morgan fingerprint density at radius 3 is 1.23 bits per heavy atom. The number of hydrogen-bond acceptors (Lipinski definition) is 4. The molecule has 0 radical (unpaired) electrons. The van der Waals surface area contributed by atoms with Crippen molar-refractivity contribution in [3.63, 3.8) is 0 Å². The molecule has 2 aromatic heterocycles. The van der Waals surface area contributed by atoms with E-state index in [1.807, 2.05) is 0 Å². The van der Waals surface area contributed by atoms with E-state index in [0.29, 0.717) is 0 Å². The molecule has 0 bridgehead atoms. The van der Waals surface area contributed by atoms with Crippen LogP contribution in [0.1, 0.15) is 63.4 Å². The molecule has 282 valence electrons. The van der Waals surface area contributed by atoms with Gasteiger partial charge in [-0.1, -0.05) is 72.8 Å². The van der Waals surface area contributed by atoms with E-state index in [0.717, 1.165) is 97.2 Å². The Balaban J connectivity index is 1.09. The van der Waals surface area contributed by atoms with E-state index in [9.17, 15) is 0 Å². The fourth-order valence-electron chi connectivity index (χ4n) is 8.08. The minimum absolute atomic E-state index is 0.822. The highest BCUT2D eigenvalue weighted by molar-refractivity contribution is 6.02. The standard InChI is InChI=1S/C50H52N4O2/c1-5-51(6-2)41-27-19-37(20-28-41)23-33-47-53(49-43-17-11-9-15-39(43)25-31-45(49)55-47)35-13-14-36-54-48(34-24-38-21-29-42(30-22-38)52(7-3)8-4)56-46-32-26-40-16-10-12-18-44(40)50(46)54/h9-12,15-34H,5-8,13-14,35-36H2,1-4H3/q+2. The Hall–Kier alpha value is -6.14. The van der Waals surface area contributed by atoms with E-state index < -0.39 is 0 Å². The third kappa shape index (κ3) is 7.44. The number of aromatic nitrogens is 2. The highest BCUT2D eigenvalue weighted by Crippen LogP contribution is 2.28. The van der Waals surface area contributed by atoms with Crippen molar-refractivity contribution in [1.29, 1.82) is 0 Å². The lowest BCUT2D eigenvalue weighted by atomic mass is 10.1. The molecule has 0 unspecified atom stereocenters. The molecule has 2 heterocycles. The van der Waals surface area contributed by atoms with Gasteiger partial charge in [0.05, 0.1) is 22.9 Å². The lowest BCUT2D eigenvalue weighted by Crippen LogP contribution is -2.38. The average Bonchev–Trinajstić information content (AvgIpc) is 3.80. The van der Waals surface area contributed by atoms with E-state index >= 15 is 0 Å². The zero-order valence-electron chi connectivity index (χ0n) is 33.1. The van der Waals surface area contributed by atoms with Gasteiger partial charge in [-0.3, -0.25) is 0 Å². The predicted molar refractivity (Wildman–Crippen MR) is 235 cm³/mol. The molecule has 0 spiro atoms. The second-order valence-corrected chi connectivity index (χ2v) is 14.4. The molecule has 0 fully saturated rings. The maximum Gasteiger partial charge on any atom is 0.374 e. The highest BCUT2D eigenvalue weighted by atomic mass is 16.4. The summed E-state index contributed by atoms with van der Waals surface area (Å²) in [5.74, 6) is 1.71. The summed E-state index contributed by atoms with van der Waals surface area (Å²) in [4.78, 5) is 4.73. The molecule has 6 nitrogen and oxygen atoms in total. The van der Waals surface area contributed by atoms with Gasteiger partial charge in [-0.15, -0.1) is 0 Å². The quantitative estimate of drug-likeness (QED) is 0.0775. The Kier molecular flexibility index (Phi) is 11.0. The summed E-state index contributed by atoms with van der Waals surface area (Å²) in [5, 5.41) is 4.83. The highest BCUT2D eigenvalue weighted by Gasteiger charge is 2.26. The molecule has 8 aromatic rings. The Morgan fingerprint density at radius 1 is 0.446 bits per heavy atom. The maximum atomic E-state index is 6.60. The molecular weight excluding hydrogens is 689 g/mol. The third-order valence-electron chi connectivity index (χ3n) is 11.1. The molecule has 0 aliphatic rings. The van der Waals surface area contributed by atoms with Gasteiger partial charge in [0.15, 0.2) is 13.1 Å². The maximum absolute atomic E-state index is 6.60. The van der Waals surface area contributed by atoms with Gasteiger partial charge in [0, 0.05) is 50.4 Å². The van der Waals surface area contributed by atoms with E-state index in [4.69, 9.17) is 8.83 Å². The van der Waals surface area contributed by atoms with E-state index in [2.05, 4.69) is 192 Å². The summed E-state index contributed by atoms with van der Waals surface area (Å²) in [5.41, 5.74) is 8.88. The molecule has 0 aliphatic carbocycles. The number of rotatable bonds is 15. The van der Waals surface area contributed by atoms with Crippen molar-refractivity contribution in [2.24, 2.45) is 0 Å². The largest absolute Gasteiger partial charge is 0.398 e. The number of nitrogens with zero attached hydrogens (tertiary/aromatic N) is 4. The van der Waals surface area contributed by atoms with Crippen molar-refractivity contribution in [2.75, 3.05) is 36.0 Å². The zero-order valence-corrected chi connectivity index (χ0v) is 33.1. The van der Waals surface area contributed by atoms with Crippen LogP contribution in [0.15, 0.2) is 130 Å². The molecule has 6 aromatic carbocycles. The molecule has 0 aliphatic heterocycles. The van der Waals surface area contributed by atoms with Crippen molar-refractivity contribution in [3.05, 3.63) is 144 Å². The lowest BCUT2D eigenvalue weighted by Gasteiger charge is -2.20. The second kappa shape index (κ2) is 16.7. The monoisotopic (exact) mass is 740 g/mol. The SMILES string of the molecule is CCN(CC)c1ccc(C=Cc2oc3ccc4ccccc4c3[n+]2CCCC[n+]2c(C=Cc3ccc(N(CC)CC)cc3)oc3ccc4ccccc4c32)cc1. The first-order valence-electron chi connectivity index (χ1n) is 20.3. The third-order valence-corrected chi connectivity index (χ3v) is 11.1. The van der Waals surface area contributed by atoms with Crippen LogP contribution in [-0.2, 0) is 13.1 Å². The van der Waals surface area contributed by atoms with Crippen molar-refractivity contribution in [2.45, 2.75) is 53.6 Å². The summed E-state index contributed by atoms with van der Waals surface area (Å²) in [6.07, 6.45) is 10.5. The first-order valence-corrected chi connectivity index (χ1v) is 20.3. The molecule has 0 N–H and O–H groups in total. The molecule has 0 saturated carbocycles. The summed E-state index contributed by atoms with van der Waals surface area (Å²) < 4.78 is 17.9. The van der Waals surface area contributed by atoms with Gasteiger partial charge in [-0.2, -0.15) is 9.13 Å². The second-order valence-electron chi connectivity index (χ2n) is 14.4. The first-order chi connectivity index (χ1) is 27.6. The van der Waals surface area contributed by atoms with Crippen LogP contribution in [0.4, 0.5) is 11.4 Å². The van der Waals surface area contributed by atoms with Gasteiger partial charge < -0.3 is 18.6 Å². The van der Waals surface area contributed by atoms with Crippen LogP contribution in [0.25, 0.3) is 68.0 Å². The normalized spacial score (nSPS) is 12.0. The van der Waals surface area contributed by atoms with Crippen LogP contribution >= 0.6 is 0 Å². The van der Waals surface area contributed by atoms with E-state index in [1.165, 1.54) is 32.9 Å². The van der Waals surface area contributed by atoms with Gasteiger partial charge in [-0.05, 0) is 110 Å². The number of aryl methyl sites for hydroxylation is 2. The van der Waals surface area contributed by atoms with Crippen molar-refractivity contribution in [3.8, 4) is 0 Å². The van der Waals surface area contributed by atoms with Gasteiger partial charge in [0.25, 0.3) is 11.0 Å². The van der Waals surface area contributed by atoms with Crippen LogP contribution in [0.2, 0.25) is 0 Å². The number of anilines is 2. The van der Waals surface area contributed by atoms with Gasteiger partial charge in [0.2, 0.25) is 11.2 Å². The number of benzene rings is 6. The molecule has 8 rings (SSSR count). The van der Waals surface area contributed by atoms with Gasteiger partial charge in [0.1, 0.15) is 0 Å². The fraction of sp³-hybridized carbons (Fsp3) is 0.240. The smallest absolute Gasteiger partial charge is 0.374 e. The van der Waals surface area contributed by atoms with Crippen molar-refractivity contribution < 1.29 is 18.0 Å². The molecular formula is C50H52N4O2+2. The summed E-state index contributed by atoms with van der Waals surface area (Å²) in [6.45, 7) is 14.4. The van der Waals surface area contributed by atoms with Crippen LogP contribution in [0, 0.1) is 0 Å². The van der Waals surface area contributed by atoms with Crippen LogP contribution in [0.3, 0.4) is 0 Å². The van der Waals surface area contributed by atoms with Crippen molar-refractivity contribution in [1.82, 2.24) is 0 Å². The minimum atomic E-state index is 0.822. The topological polar surface area (TPSA) is 40.5 Å². The summed E-state index contributed by atoms with van der Waals surface area (Å²) >= 11 is 0. The fourth-order valence-corrected chi connectivity index (χ4v) is 8.08. The lowest BCUT2D eigenvalue weighted by molar-refractivity contribution is -0.688. The summed E-state index contributed by atoms with van der Waals surface area (Å²) in [7, 11) is 0. The van der Waals surface area contributed by atoms with Crippen LogP contribution in [-0.4, -0.2) is 26.2 Å². The van der Waals surface area contributed by atoms with Crippen molar-refractivity contribution >= 4 is 79.4 Å². The molecule has 56 heavy (non-hydrogen) atoms. The number of fused-ring (bicyclic) bond motifs is 6. The number of unbranched alkanes of at least 4 members (excludes halogenated alkanes) is 1. The van der Waals surface area contributed by atoms with Gasteiger partial charge >= 0.3 is 11.8 Å². The molecule has 6 heteroatoms.